The SMILES string of the molecule is NCC1(C=O)CCOCC1. The summed E-state index contributed by atoms with van der Waals surface area (Å²) < 4.78 is 5.11. The molecular weight excluding hydrogens is 130 g/mol. The van der Waals surface area contributed by atoms with Crippen molar-refractivity contribution in [3.8, 4) is 0 Å². The molecule has 3 heteroatoms. The molecule has 0 bridgehead atoms. The Labute approximate surface area is 60.5 Å². The largest absolute Gasteiger partial charge is 0.381 e. The Bertz CT molecular complexity index is 119. The smallest absolute Gasteiger partial charge is 0.127 e. The van der Waals surface area contributed by atoms with Crippen LogP contribution in [0.2, 0.25) is 0 Å². The van der Waals surface area contributed by atoms with Crippen molar-refractivity contribution >= 4 is 6.29 Å². The third-order valence-corrected chi connectivity index (χ3v) is 2.15. The van der Waals surface area contributed by atoms with E-state index in [0.717, 1.165) is 19.1 Å². The van der Waals surface area contributed by atoms with Gasteiger partial charge >= 0.3 is 0 Å². The van der Waals surface area contributed by atoms with Crippen molar-refractivity contribution in [1.29, 1.82) is 0 Å². The number of nitrogens with two attached hydrogens (primary N) is 1. The van der Waals surface area contributed by atoms with Crippen molar-refractivity contribution in [3.63, 3.8) is 0 Å². The van der Waals surface area contributed by atoms with Crippen molar-refractivity contribution < 1.29 is 9.53 Å². The van der Waals surface area contributed by atoms with Crippen molar-refractivity contribution in [2.75, 3.05) is 19.8 Å². The Morgan fingerprint density at radius 2 is 2.10 bits per heavy atom. The van der Waals surface area contributed by atoms with E-state index in [4.69, 9.17) is 10.5 Å². The highest BCUT2D eigenvalue weighted by molar-refractivity contribution is 5.59. The average molecular weight is 143 g/mol. The Hall–Kier alpha value is -0.410. The maximum atomic E-state index is 10.6. The summed E-state index contributed by atoms with van der Waals surface area (Å²) in [4.78, 5) is 10.6. The first-order valence-corrected chi connectivity index (χ1v) is 3.57. The quantitative estimate of drug-likeness (QED) is 0.551. The van der Waals surface area contributed by atoms with E-state index in [1.807, 2.05) is 0 Å². The minimum atomic E-state index is -0.266. The number of hydrogen-bond acceptors (Lipinski definition) is 3. The van der Waals surface area contributed by atoms with Gasteiger partial charge in [0.25, 0.3) is 0 Å². The molecule has 2 N–H and O–H groups in total. The van der Waals surface area contributed by atoms with Crippen molar-refractivity contribution in [2.24, 2.45) is 11.1 Å². The van der Waals surface area contributed by atoms with Crippen LogP contribution in [0.3, 0.4) is 0 Å². The molecule has 0 amide bonds. The average Bonchev–Trinajstić information content (AvgIpc) is 2.06. The summed E-state index contributed by atoms with van der Waals surface area (Å²) in [6.07, 6.45) is 2.55. The molecule has 0 spiro atoms. The lowest BCUT2D eigenvalue weighted by atomic mass is 9.82. The standard InChI is InChI=1S/C7H13NO2/c8-5-7(6-9)1-3-10-4-2-7/h6H,1-5,8H2. The van der Waals surface area contributed by atoms with Gasteiger partial charge in [0.15, 0.2) is 0 Å². The summed E-state index contributed by atoms with van der Waals surface area (Å²) >= 11 is 0. The molecule has 1 aliphatic rings. The van der Waals surface area contributed by atoms with Gasteiger partial charge in [0, 0.05) is 25.2 Å². The predicted octanol–water partition coefficient (Wildman–Crippen LogP) is -0.0592. The molecule has 58 valence electrons. The minimum Gasteiger partial charge on any atom is -0.381 e. The predicted molar refractivity (Wildman–Crippen MR) is 37.6 cm³/mol. The minimum absolute atomic E-state index is 0.266. The third kappa shape index (κ3) is 1.36. The van der Waals surface area contributed by atoms with Crippen LogP contribution in [0.1, 0.15) is 12.8 Å². The third-order valence-electron chi connectivity index (χ3n) is 2.15. The molecular formula is C7H13NO2. The number of hydrogen-bond donors (Lipinski definition) is 1. The van der Waals surface area contributed by atoms with E-state index < -0.39 is 0 Å². The second-order valence-electron chi connectivity index (χ2n) is 2.80. The van der Waals surface area contributed by atoms with Crippen LogP contribution in [-0.2, 0) is 9.53 Å². The summed E-state index contributed by atoms with van der Waals surface area (Å²) in [6, 6.07) is 0. The van der Waals surface area contributed by atoms with Crippen LogP contribution in [0.4, 0.5) is 0 Å². The molecule has 3 nitrogen and oxygen atoms in total. The molecule has 0 aromatic rings. The topological polar surface area (TPSA) is 52.3 Å². The van der Waals surface area contributed by atoms with E-state index in [1.54, 1.807) is 0 Å². The summed E-state index contributed by atoms with van der Waals surface area (Å²) in [5.74, 6) is 0. The van der Waals surface area contributed by atoms with Gasteiger partial charge < -0.3 is 15.3 Å². The van der Waals surface area contributed by atoms with Crippen LogP contribution in [0.15, 0.2) is 0 Å². The van der Waals surface area contributed by atoms with Gasteiger partial charge in [-0.2, -0.15) is 0 Å². The fourth-order valence-electron chi connectivity index (χ4n) is 1.15. The first kappa shape index (κ1) is 7.69. The lowest BCUT2D eigenvalue weighted by Gasteiger charge is -2.30. The zero-order chi connectivity index (χ0) is 7.45. The van der Waals surface area contributed by atoms with Crippen molar-refractivity contribution in [3.05, 3.63) is 0 Å². The highest BCUT2D eigenvalue weighted by Crippen LogP contribution is 2.25. The van der Waals surface area contributed by atoms with Gasteiger partial charge in [-0.05, 0) is 12.8 Å². The van der Waals surface area contributed by atoms with Gasteiger partial charge in [-0.15, -0.1) is 0 Å². The second kappa shape index (κ2) is 3.12. The summed E-state index contributed by atoms with van der Waals surface area (Å²) in [5.41, 5.74) is 5.20. The molecule has 1 rings (SSSR count). The zero-order valence-corrected chi connectivity index (χ0v) is 6.01. The van der Waals surface area contributed by atoms with Crippen LogP contribution in [0.25, 0.3) is 0 Å². The molecule has 1 fully saturated rings. The maximum Gasteiger partial charge on any atom is 0.127 e. The first-order valence-electron chi connectivity index (χ1n) is 3.57. The van der Waals surface area contributed by atoms with Gasteiger partial charge in [-0.3, -0.25) is 0 Å². The highest BCUT2D eigenvalue weighted by Gasteiger charge is 2.30. The maximum absolute atomic E-state index is 10.6. The monoisotopic (exact) mass is 143 g/mol. The van der Waals surface area contributed by atoms with E-state index in [-0.39, 0.29) is 5.41 Å². The van der Waals surface area contributed by atoms with E-state index >= 15 is 0 Å². The number of aldehydes is 1. The Kier molecular flexibility index (Phi) is 2.40. The molecule has 0 aromatic heterocycles. The van der Waals surface area contributed by atoms with Crippen LogP contribution in [0.5, 0.6) is 0 Å². The van der Waals surface area contributed by atoms with Crippen LogP contribution in [-0.4, -0.2) is 26.0 Å². The molecule has 0 atom stereocenters. The molecule has 0 unspecified atom stereocenters. The van der Waals surface area contributed by atoms with E-state index in [0.29, 0.717) is 19.8 Å². The van der Waals surface area contributed by atoms with Gasteiger partial charge in [0.05, 0.1) is 0 Å². The fourth-order valence-corrected chi connectivity index (χ4v) is 1.15. The number of ether oxygens (including phenoxy) is 1. The summed E-state index contributed by atoms with van der Waals surface area (Å²) in [6.45, 7) is 1.81. The Morgan fingerprint density at radius 3 is 2.40 bits per heavy atom. The molecule has 0 radical (unpaired) electrons. The van der Waals surface area contributed by atoms with Gasteiger partial charge in [0.2, 0.25) is 0 Å². The van der Waals surface area contributed by atoms with Crippen molar-refractivity contribution in [1.82, 2.24) is 0 Å². The van der Waals surface area contributed by atoms with Gasteiger partial charge in [0.1, 0.15) is 6.29 Å². The molecule has 1 saturated heterocycles. The lowest BCUT2D eigenvalue weighted by molar-refractivity contribution is -0.120. The van der Waals surface area contributed by atoms with Crippen LogP contribution in [0, 0.1) is 5.41 Å². The molecule has 1 heterocycles. The first-order chi connectivity index (χ1) is 4.83. The van der Waals surface area contributed by atoms with Gasteiger partial charge in [-0.1, -0.05) is 0 Å². The number of carbonyl (C=O) groups excluding carboxylic acids is 1. The van der Waals surface area contributed by atoms with E-state index in [1.165, 1.54) is 0 Å². The normalized spacial score (nSPS) is 24.1. The molecule has 0 aromatic carbocycles. The van der Waals surface area contributed by atoms with E-state index in [2.05, 4.69) is 0 Å². The summed E-state index contributed by atoms with van der Waals surface area (Å²) in [5, 5.41) is 0. The van der Waals surface area contributed by atoms with E-state index in [9.17, 15) is 4.79 Å². The molecule has 0 aliphatic carbocycles. The molecule has 10 heavy (non-hydrogen) atoms. The second-order valence-corrected chi connectivity index (χ2v) is 2.80. The Balaban J connectivity index is 2.52. The number of rotatable bonds is 2. The lowest BCUT2D eigenvalue weighted by Crippen LogP contribution is -2.37. The highest BCUT2D eigenvalue weighted by atomic mass is 16.5. The Morgan fingerprint density at radius 1 is 1.50 bits per heavy atom. The summed E-state index contributed by atoms with van der Waals surface area (Å²) in [7, 11) is 0. The zero-order valence-electron chi connectivity index (χ0n) is 6.01. The molecule has 0 saturated carbocycles. The van der Waals surface area contributed by atoms with Crippen LogP contribution >= 0.6 is 0 Å². The van der Waals surface area contributed by atoms with Crippen molar-refractivity contribution in [2.45, 2.75) is 12.8 Å². The van der Waals surface area contributed by atoms with Crippen LogP contribution < -0.4 is 5.73 Å². The molecule has 1 aliphatic heterocycles. The fraction of sp³-hybridized carbons (Fsp3) is 0.857. The van der Waals surface area contributed by atoms with Gasteiger partial charge in [-0.25, -0.2) is 0 Å². The number of carbonyl (C=O) groups is 1.